The van der Waals surface area contributed by atoms with Gasteiger partial charge in [-0.1, -0.05) is 45.4 Å². The Morgan fingerprint density at radius 3 is 2.27 bits per heavy atom. The van der Waals surface area contributed by atoms with Crippen LogP contribution < -0.4 is 5.32 Å². The molecule has 3 heteroatoms. The summed E-state index contributed by atoms with van der Waals surface area (Å²) in [5.41, 5.74) is 0. The standard InChI is InChI=1S/C12H25NOS/c1-2-3-4-5-6-7-8-10-13-12(14)9-11-15/h15H,2-11H2,1H3,(H,13,14). The molecule has 0 aromatic rings. The lowest BCUT2D eigenvalue weighted by atomic mass is 10.1. The van der Waals surface area contributed by atoms with Gasteiger partial charge in [0.1, 0.15) is 0 Å². The van der Waals surface area contributed by atoms with Gasteiger partial charge in [0.2, 0.25) is 5.91 Å². The van der Waals surface area contributed by atoms with E-state index < -0.39 is 0 Å². The number of thiol groups is 1. The van der Waals surface area contributed by atoms with Gasteiger partial charge in [-0.05, 0) is 12.2 Å². The molecule has 90 valence electrons. The Morgan fingerprint density at radius 1 is 1.07 bits per heavy atom. The highest BCUT2D eigenvalue weighted by Gasteiger charge is 1.97. The van der Waals surface area contributed by atoms with Gasteiger partial charge in [0, 0.05) is 13.0 Å². The van der Waals surface area contributed by atoms with Crippen LogP contribution in [0.15, 0.2) is 0 Å². The average Bonchev–Trinajstić information content (AvgIpc) is 2.22. The number of hydrogen-bond acceptors (Lipinski definition) is 2. The molecule has 0 aliphatic carbocycles. The minimum absolute atomic E-state index is 0.135. The number of amides is 1. The van der Waals surface area contributed by atoms with Crippen LogP contribution in [0.4, 0.5) is 0 Å². The normalized spacial score (nSPS) is 10.3. The first-order valence-corrected chi connectivity index (χ1v) is 6.82. The molecule has 1 N–H and O–H groups in total. The molecule has 0 aliphatic heterocycles. The number of rotatable bonds is 10. The third kappa shape index (κ3) is 11.7. The van der Waals surface area contributed by atoms with Gasteiger partial charge < -0.3 is 5.32 Å². The SMILES string of the molecule is CCCCCCCCCNC(=O)CCS. The maximum absolute atomic E-state index is 11.1. The number of unbranched alkanes of at least 4 members (excludes halogenated alkanes) is 6. The van der Waals surface area contributed by atoms with Gasteiger partial charge in [0.05, 0.1) is 0 Å². The monoisotopic (exact) mass is 231 g/mol. The molecule has 0 heterocycles. The van der Waals surface area contributed by atoms with Crippen LogP contribution in [0, 0.1) is 0 Å². The van der Waals surface area contributed by atoms with Crippen LogP contribution in [0.25, 0.3) is 0 Å². The van der Waals surface area contributed by atoms with Crippen LogP contribution in [0.1, 0.15) is 58.3 Å². The fourth-order valence-corrected chi connectivity index (χ4v) is 1.70. The van der Waals surface area contributed by atoms with Crippen LogP contribution >= 0.6 is 12.6 Å². The van der Waals surface area contributed by atoms with E-state index in [4.69, 9.17) is 0 Å². The molecule has 0 radical (unpaired) electrons. The molecule has 0 aromatic heterocycles. The molecule has 0 saturated heterocycles. The van der Waals surface area contributed by atoms with E-state index >= 15 is 0 Å². The first kappa shape index (κ1) is 14.8. The van der Waals surface area contributed by atoms with Gasteiger partial charge in [-0.25, -0.2) is 0 Å². The van der Waals surface area contributed by atoms with Gasteiger partial charge >= 0.3 is 0 Å². The molecule has 0 spiro atoms. The van der Waals surface area contributed by atoms with Crippen molar-refractivity contribution < 1.29 is 4.79 Å². The lowest BCUT2D eigenvalue weighted by molar-refractivity contribution is -0.120. The second-order valence-electron chi connectivity index (χ2n) is 3.94. The third-order valence-corrected chi connectivity index (χ3v) is 2.66. The second-order valence-corrected chi connectivity index (χ2v) is 4.39. The molecule has 0 aliphatic rings. The minimum atomic E-state index is 0.135. The van der Waals surface area contributed by atoms with Crippen molar-refractivity contribution in [3.63, 3.8) is 0 Å². The van der Waals surface area contributed by atoms with E-state index in [0.717, 1.165) is 13.0 Å². The smallest absolute Gasteiger partial charge is 0.220 e. The van der Waals surface area contributed by atoms with Crippen molar-refractivity contribution in [2.75, 3.05) is 12.3 Å². The minimum Gasteiger partial charge on any atom is -0.356 e. The summed E-state index contributed by atoms with van der Waals surface area (Å²) in [7, 11) is 0. The summed E-state index contributed by atoms with van der Waals surface area (Å²) < 4.78 is 0. The number of hydrogen-bond donors (Lipinski definition) is 2. The molecular formula is C12H25NOS. The van der Waals surface area contributed by atoms with E-state index in [-0.39, 0.29) is 5.91 Å². The van der Waals surface area contributed by atoms with E-state index in [1.54, 1.807) is 0 Å². The lowest BCUT2D eigenvalue weighted by Crippen LogP contribution is -2.24. The highest BCUT2D eigenvalue weighted by Crippen LogP contribution is 2.06. The fraction of sp³-hybridized carbons (Fsp3) is 0.917. The summed E-state index contributed by atoms with van der Waals surface area (Å²) in [6, 6.07) is 0. The Kier molecular flexibility index (Phi) is 11.7. The van der Waals surface area contributed by atoms with Crippen LogP contribution in [0.2, 0.25) is 0 Å². The Labute approximate surface area is 99.6 Å². The van der Waals surface area contributed by atoms with Gasteiger partial charge in [-0.2, -0.15) is 12.6 Å². The largest absolute Gasteiger partial charge is 0.356 e. The predicted octanol–water partition coefficient (Wildman–Crippen LogP) is 3.17. The summed E-state index contributed by atoms with van der Waals surface area (Å²) in [6.07, 6.45) is 9.58. The second kappa shape index (κ2) is 11.9. The van der Waals surface area contributed by atoms with Crippen LogP contribution in [0.3, 0.4) is 0 Å². The summed E-state index contributed by atoms with van der Waals surface area (Å²) in [6.45, 7) is 3.07. The van der Waals surface area contributed by atoms with E-state index in [1.165, 1.54) is 38.5 Å². The zero-order valence-corrected chi connectivity index (χ0v) is 10.8. The molecule has 0 atom stereocenters. The van der Waals surface area contributed by atoms with Crippen molar-refractivity contribution in [3.8, 4) is 0 Å². The number of carbonyl (C=O) groups is 1. The fourth-order valence-electron chi connectivity index (χ4n) is 1.50. The van der Waals surface area contributed by atoms with Gasteiger partial charge in [0.15, 0.2) is 0 Å². The predicted molar refractivity (Wildman–Crippen MR) is 69.5 cm³/mol. The van der Waals surface area contributed by atoms with E-state index in [9.17, 15) is 4.79 Å². The first-order valence-electron chi connectivity index (χ1n) is 6.18. The number of carbonyl (C=O) groups excluding carboxylic acids is 1. The van der Waals surface area contributed by atoms with Crippen LogP contribution in [-0.4, -0.2) is 18.2 Å². The molecule has 0 fully saturated rings. The average molecular weight is 231 g/mol. The zero-order chi connectivity index (χ0) is 11.4. The van der Waals surface area contributed by atoms with Crippen molar-refractivity contribution in [1.82, 2.24) is 5.32 Å². The van der Waals surface area contributed by atoms with Crippen LogP contribution in [0.5, 0.6) is 0 Å². The Morgan fingerprint density at radius 2 is 1.67 bits per heavy atom. The van der Waals surface area contributed by atoms with Gasteiger partial charge in [0.25, 0.3) is 0 Å². The number of nitrogens with one attached hydrogen (secondary N) is 1. The third-order valence-electron chi connectivity index (χ3n) is 2.44. The summed E-state index contributed by atoms with van der Waals surface area (Å²) >= 11 is 4.01. The molecule has 0 rings (SSSR count). The first-order chi connectivity index (χ1) is 7.31. The van der Waals surface area contributed by atoms with Crippen molar-refractivity contribution in [2.45, 2.75) is 58.3 Å². The molecule has 15 heavy (non-hydrogen) atoms. The summed E-state index contributed by atoms with van der Waals surface area (Å²) in [5, 5.41) is 2.90. The lowest BCUT2D eigenvalue weighted by Gasteiger charge is -2.03. The zero-order valence-electron chi connectivity index (χ0n) is 9.93. The van der Waals surface area contributed by atoms with Crippen molar-refractivity contribution in [3.05, 3.63) is 0 Å². The topological polar surface area (TPSA) is 29.1 Å². The maximum Gasteiger partial charge on any atom is 0.220 e. The van der Waals surface area contributed by atoms with Crippen molar-refractivity contribution in [2.24, 2.45) is 0 Å². The molecule has 0 unspecified atom stereocenters. The maximum atomic E-state index is 11.1. The van der Waals surface area contributed by atoms with Crippen molar-refractivity contribution >= 4 is 18.5 Å². The Balaban J connectivity index is 3.01. The Bertz CT molecular complexity index is 151. The van der Waals surface area contributed by atoms with Crippen LogP contribution in [-0.2, 0) is 4.79 Å². The highest BCUT2D eigenvalue weighted by molar-refractivity contribution is 7.80. The quantitative estimate of drug-likeness (QED) is 0.439. The molecule has 2 nitrogen and oxygen atoms in total. The van der Waals surface area contributed by atoms with Crippen molar-refractivity contribution in [1.29, 1.82) is 0 Å². The summed E-state index contributed by atoms with van der Waals surface area (Å²) in [5.74, 6) is 0.777. The molecule has 1 amide bonds. The van der Waals surface area contributed by atoms with Gasteiger partial charge in [-0.15, -0.1) is 0 Å². The molecular weight excluding hydrogens is 206 g/mol. The van der Waals surface area contributed by atoms with E-state index in [1.807, 2.05) is 0 Å². The molecule has 0 saturated carbocycles. The summed E-state index contributed by atoms with van der Waals surface area (Å²) in [4.78, 5) is 11.1. The Hall–Kier alpha value is -0.180. The van der Waals surface area contributed by atoms with E-state index in [2.05, 4.69) is 24.9 Å². The van der Waals surface area contributed by atoms with Gasteiger partial charge in [-0.3, -0.25) is 4.79 Å². The molecule has 0 aromatic carbocycles. The van der Waals surface area contributed by atoms with E-state index in [0.29, 0.717) is 12.2 Å². The molecule has 0 bridgehead atoms. The highest BCUT2D eigenvalue weighted by atomic mass is 32.1.